The molecule has 7 nitrogen and oxygen atoms in total. The van der Waals surface area contributed by atoms with E-state index in [1.54, 1.807) is 38.6 Å². The second-order valence-electron chi connectivity index (χ2n) is 7.68. The molecule has 1 aromatic heterocycles. The first-order chi connectivity index (χ1) is 16.0. The first kappa shape index (κ1) is 22.8. The van der Waals surface area contributed by atoms with Gasteiger partial charge in [-0.25, -0.2) is 14.4 Å². The Hall–Kier alpha value is -3.33. The van der Waals surface area contributed by atoms with Crippen LogP contribution in [-0.4, -0.2) is 54.9 Å². The van der Waals surface area contributed by atoms with E-state index in [9.17, 15) is 9.18 Å². The summed E-state index contributed by atoms with van der Waals surface area (Å²) >= 11 is 1.30. The number of halogens is 1. The molecule has 0 spiro atoms. The van der Waals surface area contributed by atoms with E-state index in [1.165, 1.54) is 17.8 Å². The van der Waals surface area contributed by atoms with Gasteiger partial charge in [0.1, 0.15) is 16.6 Å². The third-order valence-electron chi connectivity index (χ3n) is 5.40. The second-order valence-corrected chi connectivity index (χ2v) is 8.64. The molecule has 3 aromatic rings. The molecule has 0 bridgehead atoms. The predicted octanol–water partition coefficient (Wildman–Crippen LogP) is 3.99. The molecule has 0 unspecified atom stereocenters. The van der Waals surface area contributed by atoms with Gasteiger partial charge in [0.15, 0.2) is 5.82 Å². The molecule has 2 heterocycles. The molecule has 1 aliphatic heterocycles. The van der Waals surface area contributed by atoms with Crippen molar-refractivity contribution in [1.82, 2.24) is 9.97 Å². The number of methoxy groups -OCH3 is 1. The van der Waals surface area contributed by atoms with Gasteiger partial charge in [-0.05, 0) is 48.9 Å². The number of hydrogen-bond donors (Lipinski definition) is 1. The van der Waals surface area contributed by atoms with Crippen molar-refractivity contribution < 1.29 is 13.9 Å². The van der Waals surface area contributed by atoms with E-state index in [4.69, 9.17) is 4.74 Å². The molecule has 0 atom stereocenters. The molecule has 172 valence electrons. The van der Waals surface area contributed by atoms with Crippen LogP contribution in [0.15, 0.2) is 59.9 Å². The highest BCUT2D eigenvalue weighted by Crippen LogP contribution is 2.28. The highest BCUT2D eigenvalue weighted by atomic mass is 32.2. The SMILES string of the molecule is COc1ccc(N2CCN(c3nccnc3SCC(=O)Nc3ccc(C)cc3F)CC2)cc1. The van der Waals surface area contributed by atoms with E-state index in [2.05, 4.69) is 37.2 Å². The topological polar surface area (TPSA) is 70.6 Å². The molecule has 1 N–H and O–H groups in total. The molecule has 33 heavy (non-hydrogen) atoms. The van der Waals surface area contributed by atoms with Crippen molar-refractivity contribution in [1.29, 1.82) is 0 Å². The van der Waals surface area contributed by atoms with Crippen LogP contribution >= 0.6 is 11.8 Å². The average molecular weight is 468 g/mol. The van der Waals surface area contributed by atoms with Crippen LogP contribution in [0.4, 0.5) is 21.6 Å². The van der Waals surface area contributed by atoms with Crippen molar-refractivity contribution in [3.8, 4) is 5.75 Å². The minimum absolute atomic E-state index is 0.116. The zero-order valence-electron chi connectivity index (χ0n) is 18.6. The lowest BCUT2D eigenvalue weighted by atomic mass is 10.2. The Morgan fingerprint density at radius 2 is 1.76 bits per heavy atom. The summed E-state index contributed by atoms with van der Waals surface area (Å²) in [5.41, 5.74) is 2.14. The summed E-state index contributed by atoms with van der Waals surface area (Å²) in [6.07, 6.45) is 3.29. The smallest absolute Gasteiger partial charge is 0.234 e. The van der Waals surface area contributed by atoms with Gasteiger partial charge in [-0.2, -0.15) is 0 Å². The molecule has 0 radical (unpaired) electrons. The van der Waals surface area contributed by atoms with Crippen molar-refractivity contribution in [3.63, 3.8) is 0 Å². The van der Waals surface area contributed by atoms with Gasteiger partial charge < -0.3 is 19.9 Å². The maximum absolute atomic E-state index is 14.0. The van der Waals surface area contributed by atoms with Crippen molar-refractivity contribution in [2.24, 2.45) is 0 Å². The number of hydrogen-bond acceptors (Lipinski definition) is 7. The molecule has 9 heteroatoms. The van der Waals surface area contributed by atoms with E-state index in [0.717, 1.165) is 49.0 Å². The Labute approximate surface area is 197 Å². The number of carbonyl (C=O) groups excluding carboxylic acids is 1. The number of aryl methyl sites for hydroxylation is 1. The fraction of sp³-hybridized carbons (Fsp3) is 0.292. The molecule has 4 rings (SSSR count). The number of thioether (sulfide) groups is 1. The van der Waals surface area contributed by atoms with Crippen LogP contribution in [0.2, 0.25) is 0 Å². The summed E-state index contributed by atoms with van der Waals surface area (Å²) in [5.74, 6) is 0.996. The normalized spacial score (nSPS) is 13.7. The molecule has 0 aliphatic carbocycles. The maximum Gasteiger partial charge on any atom is 0.234 e. The number of amides is 1. The minimum atomic E-state index is -0.441. The molecule has 1 saturated heterocycles. The first-order valence-corrected chi connectivity index (χ1v) is 11.7. The van der Waals surface area contributed by atoms with E-state index in [1.807, 2.05) is 12.1 Å². The van der Waals surface area contributed by atoms with Gasteiger partial charge in [-0.1, -0.05) is 17.8 Å². The van der Waals surface area contributed by atoms with E-state index in [-0.39, 0.29) is 17.3 Å². The van der Waals surface area contributed by atoms with Gasteiger partial charge in [0.05, 0.1) is 18.6 Å². The first-order valence-electron chi connectivity index (χ1n) is 10.7. The molecule has 1 amide bonds. The van der Waals surface area contributed by atoms with Crippen molar-refractivity contribution in [2.75, 3.05) is 54.2 Å². The lowest BCUT2D eigenvalue weighted by molar-refractivity contribution is -0.113. The van der Waals surface area contributed by atoms with Gasteiger partial charge in [0, 0.05) is 44.3 Å². The fourth-order valence-electron chi connectivity index (χ4n) is 3.65. The van der Waals surface area contributed by atoms with Crippen LogP contribution in [0.25, 0.3) is 0 Å². The number of anilines is 3. The number of nitrogens with one attached hydrogen (secondary N) is 1. The molecule has 1 aliphatic rings. The largest absolute Gasteiger partial charge is 0.497 e. The number of carbonyl (C=O) groups is 1. The predicted molar refractivity (Wildman–Crippen MR) is 130 cm³/mol. The second kappa shape index (κ2) is 10.5. The Morgan fingerprint density at radius 1 is 1.06 bits per heavy atom. The third kappa shape index (κ3) is 5.73. The highest BCUT2D eigenvalue weighted by Gasteiger charge is 2.22. The van der Waals surface area contributed by atoms with Gasteiger partial charge in [0.25, 0.3) is 0 Å². The van der Waals surface area contributed by atoms with Crippen molar-refractivity contribution in [3.05, 3.63) is 66.2 Å². The number of benzene rings is 2. The summed E-state index contributed by atoms with van der Waals surface area (Å²) < 4.78 is 19.2. The summed E-state index contributed by atoms with van der Waals surface area (Å²) in [6, 6.07) is 12.8. The summed E-state index contributed by atoms with van der Waals surface area (Å²) in [4.78, 5) is 25.8. The summed E-state index contributed by atoms with van der Waals surface area (Å²) in [6.45, 7) is 5.08. The zero-order chi connectivity index (χ0) is 23.2. The third-order valence-corrected chi connectivity index (χ3v) is 6.37. The summed E-state index contributed by atoms with van der Waals surface area (Å²) in [7, 11) is 1.66. The number of ether oxygens (including phenoxy) is 1. The van der Waals surface area contributed by atoms with Crippen LogP contribution in [0.1, 0.15) is 5.56 Å². The Kier molecular flexibility index (Phi) is 7.29. The Balaban J connectivity index is 1.35. The van der Waals surface area contributed by atoms with Gasteiger partial charge in [-0.3, -0.25) is 4.79 Å². The highest BCUT2D eigenvalue weighted by molar-refractivity contribution is 8.00. The standard InChI is InChI=1S/C24H26FN5O2S/c1-17-3-8-21(20(25)15-17)28-22(31)16-33-24-23(26-9-10-27-24)30-13-11-29(12-14-30)18-4-6-19(32-2)7-5-18/h3-10,15H,11-14,16H2,1-2H3,(H,28,31). The molecular formula is C24H26FN5O2S. The Morgan fingerprint density at radius 3 is 2.45 bits per heavy atom. The number of rotatable bonds is 7. The number of piperazine rings is 1. The lowest BCUT2D eigenvalue weighted by Gasteiger charge is -2.37. The van der Waals surface area contributed by atoms with Crippen LogP contribution in [0.3, 0.4) is 0 Å². The number of nitrogens with zero attached hydrogens (tertiary/aromatic N) is 4. The van der Waals surface area contributed by atoms with Crippen molar-refractivity contribution in [2.45, 2.75) is 11.9 Å². The van der Waals surface area contributed by atoms with Crippen molar-refractivity contribution >= 4 is 34.9 Å². The fourth-order valence-corrected chi connectivity index (χ4v) is 4.43. The van der Waals surface area contributed by atoms with Crippen LogP contribution < -0.4 is 19.9 Å². The minimum Gasteiger partial charge on any atom is -0.497 e. The van der Waals surface area contributed by atoms with Gasteiger partial charge >= 0.3 is 0 Å². The Bertz CT molecular complexity index is 1100. The van der Waals surface area contributed by atoms with Crippen LogP contribution in [0, 0.1) is 12.7 Å². The molecule has 2 aromatic carbocycles. The molecule has 0 saturated carbocycles. The molecule has 1 fully saturated rings. The zero-order valence-corrected chi connectivity index (χ0v) is 19.4. The van der Waals surface area contributed by atoms with E-state index >= 15 is 0 Å². The monoisotopic (exact) mass is 467 g/mol. The average Bonchev–Trinajstić information content (AvgIpc) is 2.85. The van der Waals surface area contributed by atoms with E-state index < -0.39 is 5.82 Å². The number of aromatic nitrogens is 2. The van der Waals surface area contributed by atoms with Crippen LogP contribution in [-0.2, 0) is 4.79 Å². The van der Waals surface area contributed by atoms with Crippen LogP contribution in [0.5, 0.6) is 5.75 Å². The van der Waals surface area contributed by atoms with E-state index in [0.29, 0.717) is 5.03 Å². The lowest BCUT2D eigenvalue weighted by Crippen LogP contribution is -2.47. The summed E-state index contributed by atoms with van der Waals surface area (Å²) in [5, 5.41) is 3.32. The molecular weight excluding hydrogens is 441 g/mol. The quantitative estimate of drug-likeness (QED) is 0.527. The van der Waals surface area contributed by atoms with Gasteiger partial charge in [-0.15, -0.1) is 0 Å². The van der Waals surface area contributed by atoms with Gasteiger partial charge in [0.2, 0.25) is 5.91 Å². The maximum atomic E-state index is 14.0.